The first-order valence-electron chi connectivity index (χ1n) is 8.68. The van der Waals surface area contributed by atoms with Gasteiger partial charge in [-0.2, -0.15) is 5.10 Å². The molecular weight excluding hydrogens is 380 g/mol. The molecule has 7 nitrogen and oxygen atoms in total. The topological polar surface area (TPSA) is 85.2 Å². The molecule has 3 heterocycles. The smallest absolute Gasteiger partial charge is 0.240 e. The number of nitrogens with zero attached hydrogens (tertiary/aromatic N) is 2. The molecule has 0 bridgehead atoms. The Morgan fingerprint density at radius 1 is 1.11 bits per heavy atom. The van der Waals surface area contributed by atoms with Crippen molar-refractivity contribution < 1.29 is 14.3 Å². The van der Waals surface area contributed by atoms with Crippen LogP contribution >= 0.6 is 11.6 Å². The van der Waals surface area contributed by atoms with Crippen molar-refractivity contribution in [2.75, 3.05) is 17.7 Å². The number of hydrogen-bond acceptors (Lipinski definition) is 4. The van der Waals surface area contributed by atoms with Crippen LogP contribution in [0.3, 0.4) is 0 Å². The Kier molecular flexibility index (Phi) is 3.51. The molecule has 2 aliphatic rings. The number of hydrogen-bond donors (Lipinski definition) is 2. The van der Waals surface area contributed by atoms with Gasteiger partial charge in [0.15, 0.2) is 0 Å². The molecule has 5 rings (SSSR count). The molecule has 140 valence electrons. The number of halogens is 1. The summed E-state index contributed by atoms with van der Waals surface area (Å²) in [7, 11) is 1.59. The molecule has 2 N–H and O–H groups in total. The number of benzene rings is 2. The van der Waals surface area contributed by atoms with E-state index in [2.05, 4.69) is 15.7 Å². The fraction of sp³-hybridized carbons (Fsp3) is 0.150. The number of fused-ring (bicyclic) bond motifs is 4. The number of para-hydroxylation sites is 1. The Bertz CT molecular complexity index is 1140. The maximum Gasteiger partial charge on any atom is 0.240 e. The highest BCUT2D eigenvalue weighted by Gasteiger charge is 2.54. The van der Waals surface area contributed by atoms with E-state index in [4.69, 9.17) is 16.3 Å². The minimum Gasteiger partial charge on any atom is -0.497 e. The van der Waals surface area contributed by atoms with Gasteiger partial charge < -0.3 is 15.4 Å². The van der Waals surface area contributed by atoms with E-state index in [1.54, 1.807) is 42.3 Å². The predicted octanol–water partition coefficient (Wildman–Crippen LogP) is 3.11. The molecule has 0 radical (unpaired) electrons. The molecule has 2 aromatic carbocycles. The molecule has 8 heteroatoms. The zero-order valence-corrected chi connectivity index (χ0v) is 15.6. The summed E-state index contributed by atoms with van der Waals surface area (Å²) in [5.41, 5.74) is 1.47. The number of anilines is 2. The van der Waals surface area contributed by atoms with Gasteiger partial charge in [-0.05, 0) is 35.9 Å². The van der Waals surface area contributed by atoms with Gasteiger partial charge in [0.05, 0.1) is 29.7 Å². The monoisotopic (exact) mass is 394 g/mol. The minimum absolute atomic E-state index is 0.00647. The molecule has 3 aromatic rings. The number of aromatic nitrogens is 2. The van der Waals surface area contributed by atoms with Crippen LogP contribution in [0, 0.1) is 0 Å². The second-order valence-electron chi connectivity index (χ2n) is 6.76. The van der Waals surface area contributed by atoms with Gasteiger partial charge in [-0.25, -0.2) is 4.68 Å². The van der Waals surface area contributed by atoms with Crippen molar-refractivity contribution in [2.24, 2.45) is 0 Å². The highest BCUT2D eigenvalue weighted by molar-refractivity contribution is 6.35. The number of rotatable bonds is 2. The largest absolute Gasteiger partial charge is 0.497 e. The van der Waals surface area contributed by atoms with Gasteiger partial charge in [0.25, 0.3) is 0 Å². The van der Waals surface area contributed by atoms with Gasteiger partial charge >= 0.3 is 0 Å². The molecule has 1 aromatic heterocycles. The summed E-state index contributed by atoms with van der Waals surface area (Å²) >= 11 is 6.28. The molecule has 0 fully saturated rings. The van der Waals surface area contributed by atoms with Crippen molar-refractivity contribution >= 4 is 34.9 Å². The van der Waals surface area contributed by atoms with Crippen molar-refractivity contribution in [3.63, 3.8) is 0 Å². The Morgan fingerprint density at radius 2 is 1.89 bits per heavy atom. The minimum atomic E-state index is -1.15. The van der Waals surface area contributed by atoms with E-state index < -0.39 is 5.41 Å². The van der Waals surface area contributed by atoms with E-state index in [-0.39, 0.29) is 18.2 Å². The van der Waals surface area contributed by atoms with E-state index >= 15 is 0 Å². The summed E-state index contributed by atoms with van der Waals surface area (Å²) < 4.78 is 6.81. The van der Waals surface area contributed by atoms with Crippen LogP contribution in [-0.2, 0) is 15.0 Å². The van der Waals surface area contributed by atoms with Gasteiger partial charge in [-0.3, -0.25) is 9.59 Å². The van der Waals surface area contributed by atoms with Crippen LogP contribution in [0.15, 0.2) is 48.7 Å². The van der Waals surface area contributed by atoms with Crippen molar-refractivity contribution in [3.8, 4) is 11.4 Å². The maximum atomic E-state index is 13.1. The van der Waals surface area contributed by atoms with Crippen molar-refractivity contribution in [3.05, 3.63) is 64.8 Å². The quantitative estimate of drug-likeness (QED) is 0.699. The van der Waals surface area contributed by atoms with E-state index in [9.17, 15) is 9.59 Å². The fourth-order valence-corrected chi connectivity index (χ4v) is 4.23. The van der Waals surface area contributed by atoms with Crippen LogP contribution in [0.1, 0.15) is 17.5 Å². The number of carbonyl (C=O) groups is 2. The molecule has 0 saturated heterocycles. The second-order valence-corrected chi connectivity index (χ2v) is 7.17. The first-order valence-corrected chi connectivity index (χ1v) is 9.05. The molecule has 2 aliphatic heterocycles. The van der Waals surface area contributed by atoms with Crippen molar-refractivity contribution in [1.29, 1.82) is 0 Å². The first kappa shape index (κ1) is 16.8. The Hall–Kier alpha value is -3.32. The number of ether oxygens (including phenoxy) is 1. The number of methoxy groups -OCH3 is 1. The molecule has 1 atom stereocenters. The fourth-order valence-electron chi connectivity index (χ4n) is 4.00. The summed E-state index contributed by atoms with van der Waals surface area (Å²) in [4.78, 5) is 25.7. The summed E-state index contributed by atoms with van der Waals surface area (Å²) in [5, 5.41) is 10.6. The van der Waals surface area contributed by atoms with E-state index in [0.29, 0.717) is 33.4 Å². The highest BCUT2D eigenvalue weighted by Crippen LogP contribution is 2.51. The highest BCUT2D eigenvalue weighted by atomic mass is 35.5. The third-order valence-electron chi connectivity index (χ3n) is 5.33. The number of amides is 2. The summed E-state index contributed by atoms with van der Waals surface area (Å²) in [5.74, 6) is 0.653. The molecule has 0 aliphatic carbocycles. The van der Waals surface area contributed by atoms with E-state index in [1.165, 1.54) is 0 Å². The van der Waals surface area contributed by atoms with Crippen molar-refractivity contribution in [1.82, 2.24) is 9.78 Å². The van der Waals surface area contributed by atoms with Gasteiger partial charge in [-0.15, -0.1) is 0 Å². The summed E-state index contributed by atoms with van der Waals surface area (Å²) in [6, 6.07) is 12.6. The second kappa shape index (κ2) is 5.84. The molecule has 2 amide bonds. The van der Waals surface area contributed by atoms with Gasteiger partial charge in [0.2, 0.25) is 11.8 Å². The summed E-state index contributed by atoms with van der Waals surface area (Å²) in [6.45, 7) is 0. The molecular formula is C20H15ClN4O3. The zero-order valence-electron chi connectivity index (χ0n) is 14.8. The normalized spacial score (nSPS) is 19.8. The molecule has 0 unspecified atom stereocenters. The lowest BCUT2D eigenvalue weighted by molar-refractivity contribution is -0.125. The Balaban J connectivity index is 1.72. The van der Waals surface area contributed by atoms with Crippen molar-refractivity contribution in [2.45, 2.75) is 11.8 Å². The van der Waals surface area contributed by atoms with E-state index in [1.807, 2.05) is 18.2 Å². The maximum absolute atomic E-state index is 13.1. The average Bonchev–Trinajstić information content (AvgIpc) is 3.23. The summed E-state index contributed by atoms with van der Waals surface area (Å²) in [6.07, 6.45) is 1.63. The van der Waals surface area contributed by atoms with Gasteiger partial charge in [-0.1, -0.05) is 23.7 Å². The van der Waals surface area contributed by atoms with Gasteiger partial charge in [0.1, 0.15) is 17.0 Å². The first-order chi connectivity index (χ1) is 13.5. The van der Waals surface area contributed by atoms with Crippen LogP contribution in [-0.4, -0.2) is 28.7 Å². The lowest BCUT2D eigenvalue weighted by Crippen LogP contribution is -2.43. The zero-order chi connectivity index (χ0) is 19.5. The van der Waals surface area contributed by atoms with Gasteiger partial charge in [0, 0.05) is 12.0 Å². The molecule has 0 saturated carbocycles. The Labute approximate surface area is 165 Å². The number of carbonyl (C=O) groups excluding carboxylic acids is 2. The third kappa shape index (κ3) is 2.13. The lowest BCUT2D eigenvalue weighted by Gasteiger charge is -2.31. The predicted molar refractivity (Wildman–Crippen MR) is 104 cm³/mol. The lowest BCUT2D eigenvalue weighted by atomic mass is 9.72. The average molecular weight is 395 g/mol. The van der Waals surface area contributed by atoms with Crippen LogP contribution in [0.2, 0.25) is 5.02 Å². The van der Waals surface area contributed by atoms with E-state index in [0.717, 1.165) is 5.69 Å². The molecule has 1 spiro atoms. The standard InChI is InChI=1S/C20H15ClN4O3/c1-28-12-7-5-11(6-8-12)25-18-14(10-22-25)20(9-16(26)23-18)13-3-2-4-15(21)17(13)24-19(20)27/h2-8,10H,9H2,1H3,(H,23,26)(H,24,27)/t20-/m0/s1. The third-order valence-corrected chi connectivity index (χ3v) is 5.64. The number of nitrogens with one attached hydrogen (secondary N) is 2. The SMILES string of the molecule is COc1ccc(-n2ncc3c2NC(=O)C[C@@]32C(=O)Nc3c(Cl)cccc32)cc1. The van der Waals surface area contributed by atoms with Crippen LogP contribution in [0.5, 0.6) is 5.75 Å². The molecule has 28 heavy (non-hydrogen) atoms. The van der Waals surface area contributed by atoms with Crippen LogP contribution in [0.4, 0.5) is 11.5 Å². The van der Waals surface area contributed by atoms with Crippen LogP contribution < -0.4 is 15.4 Å². The Morgan fingerprint density at radius 3 is 2.64 bits per heavy atom. The van der Waals surface area contributed by atoms with Crippen LogP contribution in [0.25, 0.3) is 5.69 Å².